The average Bonchev–Trinajstić information content (AvgIpc) is 2.85. The number of hydrogen-bond acceptors (Lipinski definition) is 2. The van der Waals surface area contributed by atoms with Crippen molar-refractivity contribution in [3.63, 3.8) is 0 Å². The molecule has 4 rings (SSSR count). The van der Waals surface area contributed by atoms with Crippen LogP contribution in [-0.2, 0) is 9.47 Å². The Morgan fingerprint density at radius 1 is 0.697 bits per heavy atom. The first-order valence-electron chi connectivity index (χ1n) is 14.3. The number of ether oxygens (including phenoxy) is 2. The van der Waals surface area contributed by atoms with Crippen molar-refractivity contribution in [2.45, 2.75) is 110 Å². The van der Waals surface area contributed by atoms with E-state index in [1.54, 1.807) is 0 Å². The van der Waals surface area contributed by atoms with Crippen LogP contribution in [0.3, 0.4) is 0 Å². The summed E-state index contributed by atoms with van der Waals surface area (Å²) in [6, 6.07) is 0. The van der Waals surface area contributed by atoms with Gasteiger partial charge in [0.1, 0.15) is 0 Å². The molecule has 0 bridgehead atoms. The Balaban J connectivity index is 1.13. The fraction of sp³-hybridized carbons (Fsp3) is 0.931. The van der Waals surface area contributed by atoms with Gasteiger partial charge in [0.25, 0.3) is 6.08 Å². The highest BCUT2D eigenvalue weighted by Crippen LogP contribution is 2.47. The number of hydrogen-bond donors (Lipinski definition) is 0. The molecular formula is C29H48F2O2. The van der Waals surface area contributed by atoms with E-state index in [1.165, 1.54) is 89.9 Å². The lowest BCUT2D eigenvalue weighted by molar-refractivity contribution is -0.187. The molecule has 3 saturated carbocycles. The van der Waals surface area contributed by atoms with Crippen molar-refractivity contribution < 1.29 is 18.3 Å². The Kier molecular flexibility index (Phi) is 9.68. The van der Waals surface area contributed by atoms with Crippen LogP contribution in [0.15, 0.2) is 12.2 Å². The Morgan fingerprint density at radius 3 is 1.48 bits per heavy atom. The van der Waals surface area contributed by atoms with Crippen molar-refractivity contribution in [1.29, 1.82) is 0 Å². The highest BCUT2D eigenvalue weighted by Gasteiger charge is 2.37. The van der Waals surface area contributed by atoms with Gasteiger partial charge in [0.05, 0.1) is 13.2 Å². The van der Waals surface area contributed by atoms with Crippen LogP contribution in [0.5, 0.6) is 0 Å². The van der Waals surface area contributed by atoms with Crippen molar-refractivity contribution in [1.82, 2.24) is 0 Å². The zero-order valence-electron chi connectivity index (χ0n) is 21.2. The maximum absolute atomic E-state index is 12.4. The average molecular weight is 467 g/mol. The van der Waals surface area contributed by atoms with Crippen LogP contribution < -0.4 is 0 Å². The summed E-state index contributed by atoms with van der Waals surface area (Å²) in [6.07, 6.45) is 18.1. The molecule has 4 fully saturated rings. The standard InChI is InChI=1S/C29H48F2O2/c1-3-4-20(2)21-5-7-22(8-6-21)23-9-11-24(12-10-23)25-13-15-26(16-14-25)27-18-32-29(33-19-27)17-28(30)31/h17,20-27,29H,3-16,18-19H2,1-2H3. The predicted octanol–water partition coefficient (Wildman–Crippen LogP) is 8.61. The van der Waals surface area contributed by atoms with Gasteiger partial charge in [-0.25, -0.2) is 0 Å². The molecule has 1 atom stereocenters. The highest BCUT2D eigenvalue weighted by atomic mass is 19.3. The minimum Gasteiger partial charge on any atom is -0.348 e. The molecule has 2 nitrogen and oxygen atoms in total. The van der Waals surface area contributed by atoms with Gasteiger partial charge in [0.2, 0.25) is 0 Å². The maximum atomic E-state index is 12.4. The molecule has 4 aliphatic rings. The molecule has 0 aromatic heterocycles. The van der Waals surface area contributed by atoms with Gasteiger partial charge in [-0.1, -0.05) is 26.7 Å². The normalized spacial score (nSPS) is 41.3. The molecule has 1 heterocycles. The van der Waals surface area contributed by atoms with Crippen LogP contribution in [0.25, 0.3) is 0 Å². The quantitative estimate of drug-likeness (QED) is 0.374. The van der Waals surface area contributed by atoms with Crippen LogP contribution in [0.4, 0.5) is 8.78 Å². The van der Waals surface area contributed by atoms with Gasteiger partial charge in [-0.3, -0.25) is 0 Å². The third-order valence-corrected chi connectivity index (χ3v) is 10.2. The summed E-state index contributed by atoms with van der Waals surface area (Å²) in [5.41, 5.74) is 0. The molecule has 3 aliphatic carbocycles. The van der Waals surface area contributed by atoms with E-state index in [4.69, 9.17) is 9.47 Å². The summed E-state index contributed by atoms with van der Waals surface area (Å²) in [5, 5.41) is 0. The molecule has 0 aromatic rings. The summed E-state index contributed by atoms with van der Waals surface area (Å²) in [4.78, 5) is 0. The topological polar surface area (TPSA) is 18.5 Å². The summed E-state index contributed by atoms with van der Waals surface area (Å²) >= 11 is 0. The second kappa shape index (κ2) is 12.5. The van der Waals surface area contributed by atoms with Crippen LogP contribution in [0.1, 0.15) is 104 Å². The first-order chi connectivity index (χ1) is 16.0. The van der Waals surface area contributed by atoms with Crippen molar-refractivity contribution in [2.24, 2.45) is 47.3 Å². The fourth-order valence-corrected chi connectivity index (χ4v) is 8.06. The van der Waals surface area contributed by atoms with E-state index in [1.807, 2.05) is 0 Å². The minimum atomic E-state index is -1.72. The molecule has 0 aromatic carbocycles. The van der Waals surface area contributed by atoms with Crippen LogP contribution in [0.2, 0.25) is 0 Å². The van der Waals surface area contributed by atoms with Gasteiger partial charge in [-0.2, -0.15) is 8.78 Å². The molecule has 190 valence electrons. The smallest absolute Gasteiger partial charge is 0.271 e. The summed E-state index contributed by atoms with van der Waals surface area (Å²) in [7, 11) is 0. The molecule has 1 aliphatic heterocycles. The Hall–Kier alpha value is -0.480. The molecule has 4 heteroatoms. The predicted molar refractivity (Wildman–Crippen MR) is 130 cm³/mol. The van der Waals surface area contributed by atoms with E-state index in [9.17, 15) is 8.78 Å². The fourth-order valence-electron chi connectivity index (χ4n) is 8.06. The molecular weight excluding hydrogens is 418 g/mol. The third-order valence-electron chi connectivity index (χ3n) is 10.2. The Bertz CT molecular complexity index is 587. The zero-order valence-corrected chi connectivity index (χ0v) is 21.2. The van der Waals surface area contributed by atoms with Gasteiger partial charge in [-0.15, -0.1) is 0 Å². The van der Waals surface area contributed by atoms with Gasteiger partial charge in [0, 0.05) is 12.0 Å². The first kappa shape index (κ1) is 25.6. The van der Waals surface area contributed by atoms with Crippen LogP contribution >= 0.6 is 0 Å². The summed E-state index contributed by atoms with van der Waals surface area (Å²) in [6.45, 7) is 5.95. The lowest BCUT2D eigenvalue weighted by Gasteiger charge is -2.43. The molecule has 0 radical (unpaired) electrons. The monoisotopic (exact) mass is 466 g/mol. The maximum Gasteiger partial charge on any atom is 0.271 e. The minimum absolute atomic E-state index is 0.379. The second-order valence-electron chi connectivity index (χ2n) is 12.0. The first-order valence-corrected chi connectivity index (χ1v) is 14.3. The van der Waals surface area contributed by atoms with E-state index >= 15 is 0 Å². The lowest BCUT2D eigenvalue weighted by atomic mass is 9.63. The van der Waals surface area contributed by atoms with Crippen LogP contribution in [-0.4, -0.2) is 19.5 Å². The molecule has 0 spiro atoms. The largest absolute Gasteiger partial charge is 0.348 e. The highest BCUT2D eigenvalue weighted by molar-refractivity contribution is 4.89. The van der Waals surface area contributed by atoms with E-state index < -0.39 is 12.4 Å². The molecule has 0 amide bonds. The van der Waals surface area contributed by atoms with Gasteiger partial charge in [-0.05, 0) is 118 Å². The van der Waals surface area contributed by atoms with E-state index in [0.717, 1.165) is 41.6 Å². The molecule has 1 saturated heterocycles. The number of halogens is 2. The van der Waals surface area contributed by atoms with Crippen molar-refractivity contribution >= 4 is 0 Å². The van der Waals surface area contributed by atoms with E-state index in [0.29, 0.717) is 25.0 Å². The van der Waals surface area contributed by atoms with Gasteiger partial charge < -0.3 is 9.47 Å². The molecule has 33 heavy (non-hydrogen) atoms. The SMILES string of the molecule is CCCC(C)C1CCC(C2CCC(C3CCC(C4COC(C=C(F)F)OC4)CC3)CC2)CC1. The van der Waals surface area contributed by atoms with Crippen LogP contribution in [0, 0.1) is 47.3 Å². The van der Waals surface area contributed by atoms with Gasteiger partial charge in [0.15, 0.2) is 6.29 Å². The van der Waals surface area contributed by atoms with Crippen molar-refractivity contribution in [2.75, 3.05) is 13.2 Å². The molecule has 1 unspecified atom stereocenters. The van der Waals surface area contributed by atoms with Gasteiger partial charge >= 0.3 is 0 Å². The summed E-state index contributed by atoms with van der Waals surface area (Å²) in [5.74, 6) is 6.84. The lowest BCUT2D eigenvalue weighted by Crippen LogP contribution is -2.37. The second-order valence-corrected chi connectivity index (χ2v) is 12.0. The van der Waals surface area contributed by atoms with Crippen molar-refractivity contribution in [3.8, 4) is 0 Å². The Labute approximate surface area is 201 Å². The molecule has 0 N–H and O–H groups in total. The van der Waals surface area contributed by atoms with Crippen molar-refractivity contribution in [3.05, 3.63) is 12.2 Å². The third kappa shape index (κ3) is 7.03. The van der Waals surface area contributed by atoms with E-state index in [-0.39, 0.29) is 0 Å². The zero-order chi connectivity index (χ0) is 23.2. The Morgan fingerprint density at radius 2 is 1.09 bits per heavy atom. The summed E-state index contributed by atoms with van der Waals surface area (Å²) < 4.78 is 35.8. The number of rotatable bonds is 7. The van der Waals surface area contributed by atoms with E-state index in [2.05, 4.69) is 13.8 Å².